The number of hydrogen-bond donors (Lipinski definition) is 1. The maximum absolute atomic E-state index is 13.2. The Bertz CT molecular complexity index is 1330. The van der Waals surface area contributed by atoms with Crippen LogP contribution in [0.5, 0.6) is 0 Å². The number of esters is 1. The molecule has 36 heavy (non-hydrogen) atoms. The van der Waals surface area contributed by atoms with Gasteiger partial charge < -0.3 is 14.6 Å². The number of amides is 1. The first-order valence-electron chi connectivity index (χ1n) is 12.7. The lowest BCUT2D eigenvalue weighted by Crippen LogP contribution is -2.33. The van der Waals surface area contributed by atoms with Crippen molar-refractivity contribution < 1.29 is 14.3 Å². The molecule has 1 heterocycles. The summed E-state index contributed by atoms with van der Waals surface area (Å²) >= 11 is 0. The maximum atomic E-state index is 13.2. The molecule has 1 aliphatic rings. The SMILES string of the molecule is COC(=O)[C@H]1CC[C@H](CNC(=O)c2cccc3ccn(Cc4ccc(-c5ccccc5)cc4)c23)CC1. The van der Waals surface area contributed by atoms with E-state index in [1.165, 1.54) is 23.8 Å². The second-order valence-corrected chi connectivity index (χ2v) is 9.70. The summed E-state index contributed by atoms with van der Waals surface area (Å²) in [5, 5.41) is 4.21. The third kappa shape index (κ3) is 5.20. The Balaban J connectivity index is 1.27. The van der Waals surface area contributed by atoms with Crippen molar-refractivity contribution >= 4 is 22.8 Å². The third-order valence-electron chi connectivity index (χ3n) is 7.38. The number of ether oxygens (including phenoxy) is 1. The smallest absolute Gasteiger partial charge is 0.308 e. The number of hydrogen-bond acceptors (Lipinski definition) is 3. The Kier molecular flexibility index (Phi) is 7.17. The minimum atomic E-state index is -0.111. The topological polar surface area (TPSA) is 60.3 Å². The van der Waals surface area contributed by atoms with Crippen molar-refractivity contribution in [1.82, 2.24) is 9.88 Å². The highest BCUT2D eigenvalue weighted by Crippen LogP contribution is 2.29. The van der Waals surface area contributed by atoms with Gasteiger partial charge in [-0.05, 0) is 60.4 Å². The quantitative estimate of drug-likeness (QED) is 0.327. The van der Waals surface area contributed by atoms with Gasteiger partial charge in [0.25, 0.3) is 5.91 Å². The third-order valence-corrected chi connectivity index (χ3v) is 7.38. The second kappa shape index (κ2) is 10.8. The number of methoxy groups -OCH3 is 1. The summed E-state index contributed by atoms with van der Waals surface area (Å²) < 4.78 is 7.04. The zero-order chi connectivity index (χ0) is 24.9. The summed E-state index contributed by atoms with van der Waals surface area (Å²) in [6.07, 6.45) is 5.57. The van der Waals surface area contributed by atoms with Crippen LogP contribution in [0.25, 0.3) is 22.0 Å². The van der Waals surface area contributed by atoms with Crippen molar-refractivity contribution in [2.24, 2.45) is 11.8 Å². The van der Waals surface area contributed by atoms with Crippen molar-refractivity contribution in [2.75, 3.05) is 13.7 Å². The van der Waals surface area contributed by atoms with E-state index in [2.05, 4.69) is 76.7 Å². The number of rotatable bonds is 7. The molecule has 0 spiro atoms. The van der Waals surface area contributed by atoms with Crippen molar-refractivity contribution in [3.05, 3.63) is 96.2 Å². The molecule has 4 aromatic rings. The fourth-order valence-electron chi connectivity index (χ4n) is 5.31. The number of para-hydroxylation sites is 1. The molecule has 1 N–H and O–H groups in total. The Morgan fingerprint density at radius 1 is 0.861 bits per heavy atom. The van der Waals surface area contributed by atoms with Gasteiger partial charge in [0.05, 0.1) is 24.1 Å². The zero-order valence-electron chi connectivity index (χ0n) is 20.7. The normalized spacial score (nSPS) is 17.6. The standard InChI is InChI=1S/C31H32N2O3/c1-36-31(35)27-16-10-22(11-17-27)20-32-30(34)28-9-5-8-26-18-19-33(29(26)28)21-23-12-14-25(15-13-23)24-6-3-2-4-7-24/h2-9,12-15,18-19,22,27H,10-11,16-17,20-21H2,1H3,(H,32,34)/t22-,27-. The molecule has 1 aromatic heterocycles. The summed E-state index contributed by atoms with van der Waals surface area (Å²) in [5.74, 6) is 0.236. The molecule has 1 amide bonds. The number of benzene rings is 3. The van der Waals surface area contributed by atoms with Crippen LogP contribution in [0.2, 0.25) is 0 Å². The molecule has 184 valence electrons. The van der Waals surface area contributed by atoms with Crippen LogP contribution in [0.4, 0.5) is 0 Å². The van der Waals surface area contributed by atoms with E-state index in [0.717, 1.165) is 36.6 Å². The van der Waals surface area contributed by atoms with Gasteiger partial charge in [0.1, 0.15) is 0 Å². The highest BCUT2D eigenvalue weighted by Gasteiger charge is 2.27. The molecular weight excluding hydrogens is 448 g/mol. The molecule has 5 heteroatoms. The van der Waals surface area contributed by atoms with Crippen LogP contribution >= 0.6 is 0 Å². The largest absolute Gasteiger partial charge is 0.469 e. The van der Waals surface area contributed by atoms with E-state index in [4.69, 9.17) is 4.74 Å². The minimum Gasteiger partial charge on any atom is -0.469 e. The predicted octanol–water partition coefficient (Wildman–Crippen LogP) is 6.07. The molecule has 1 fully saturated rings. The van der Waals surface area contributed by atoms with E-state index in [9.17, 15) is 9.59 Å². The summed E-state index contributed by atoms with van der Waals surface area (Å²) in [7, 11) is 1.45. The molecular formula is C31H32N2O3. The summed E-state index contributed by atoms with van der Waals surface area (Å²) in [4.78, 5) is 25.0. The van der Waals surface area contributed by atoms with Gasteiger partial charge in [-0.2, -0.15) is 0 Å². The molecule has 0 radical (unpaired) electrons. The Labute approximate surface area is 212 Å². The summed E-state index contributed by atoms with van der Waals surface area (Å²) in [6, 6.07) is 26.9. The van der Waals surface area contributed by atoms with Gasteiger partial charge in [-0.3, -0.25) is 9.59 Å². The molecule has 0 aliphatic heterocycles. The summed E-state index contributed by atoms with van der Waals surface area (Å²) in [6.45, 7) is 1.32. The number of carbonyl (C=O) groups is 2. The van der Waals surface area contributed by atoms with Crippen LogP contribution < -0.4 is 5.32 Å². The van der Waals surface area contributed by atoms with Crippen LogP contribution in [0, 0.1) is 11.8 Å². The highest BCUT2D eigenvalue weighted by molar-refractivity contribution is 6.06. The van der Waals surface area contributed by atoms with Crippen LogP contribution in [0.3, 0.4) is 0 Å². The second-order valence-electron chi connectivity index (χ2n) is 9.70. The lowest BCUT2D eigenvalue weighted by molar-refractivity contribution is -0.146. The lowest BCUT2D eigenvalue weighted by atomic mass is 9.82. The Morgan fingerprint density at radius 2 is 1.58 bits per heavy atom. The van der Waals surface area contributed by atoms with Crippen LogP contribution in [0.1, 0.15) is 41.6 Å². The summed E-state index contributed by atoms with van der Waals surface area (Å²) in [5.41, 5.74) is 5.23. The fourth-order valence-corrected chi connectivity index (χ4v) is 5.31. The molecule has 3 aromatic carbocycles. The van der Waals surface area contributed by atoms with E-state index in [1.807, 2.05) is 18.2 Å². The van der Waals surface area contributed by atoms with Crippen molar-refractivity contribution in [3.8, 4) is 11.1 Å². The molecule has 0 saturated heterocycles. The molecule has 0 atom stereocenters. The van der Waals surface area contributed by atoms with E-state index in [1.54, 1.807) is 0 Å². The Morgan fingerprint density at radius 3 is 2.31 bits per heavy atom. The Hall–Kier alpha value is -3.86. The van der Waals surface area contributed by atoms with Gasteiger partial charge in [0.15, 0.2) is 0 Å². The molecule has 1 saturated carbocycles. The first-order chi connectivity index (χ1) is 17.6. The van der Waals surface area contributed by atoms with E-state index in [0.29, 0.717) is 24.6 Å². The van der Waals surface area contributed by atoms with Crippen molar-refractivity contribution in [2.45, 2.75) is 32.2 Å². The first kappa shape index (κ1) is 23.9. The highest BCUT2D eigenvalue weighted by atomic mass is 16.5. The van der Waals surface area contributed by atoms with E-state index >= 15 is 0 Å². The number of nitrogens with zero attached hydrogens (tertiary/aromatic N) is 1. The minimum absolute atomic E-state index is 0.000681. The average Bonchev–Trinajstić information content (AvgIpc) is 3.35. The first-order valence-corrected chi connectivity index (χ1v) is 12.7. The van der Waals surface area contributed by atoms with Gasteiger partial charge in [0.2, 0.25) is 0 Å². The van der Waals surface area contributed by atoms with E-state index < -0.39 is 0 Å². The predicted molar refractivity (Wildman–Crippen MR) is 143 cm³/mol. The van der Waals surface area contributed by atoms with Gasteiger partial charge in [0, 0.05) is 24.7 Å². The zero-order valence-corrected chi connectivity index (χ0v) is 20.7. The van der Waals surface area contributed by atoms with E-state index in [-0.39, 0.29) is 17.8 Å². The van der Waals surface area contributed by atoms with Crippen molar-refractivity contribution in [3.63, 3.8) is 0 Å². The van der Waals surface area contributed by atoms with Gasteiger partial charge >= 0.3 is 5.97 Å². The average molecular weight is 481 g/mol. The number of fused-ring (bicyclic) bond motifs is 1. The monoisotopic (exact) mass is 480 g/mol. The molecule has 1 aliphatic carbocycles. The number of nitrogens with one attached hydrogen (secondary N) is 1. The molecule has 0 unspecified atom stereocenters. The fraction of sp³-hybridized carbons (Fsp3) is 0.290. The number of aromatic nitrogens is 1. The molecule has 5 rings (SSSR count). The van der Waals surface area contributed by atoms with Crippen LogP contribution in [0.15, 0.2) is 85.1 Å². The molecule has 5 nitrogen and oxygen atoms in total. The van der Waals surface area contributed by atoms with Gasteiger partial charge in [-0.15, -0.1) is 0 Å². The van der Waals surface area contributed by atoms with Crippen LogP contribution in [-0.4, -0.2) is 30.1 Å². The van der Waals surface area contributed by atoms with Gasteiger partial charge in [-0.25, -0.2) is 0 Å². The van der Waals surface area contributed by atoms with Crippen LogP contribution in [-0.2, 0) is 16.1 Å². The molecule has 0 bridgehead atoms. The lowest BCUT2D eigenvalue weighted by Gasteiger charge is -2.27. The van der Waals surface area contributed by atoms with Gasteiger partial charge in [-0.1, -0.05) is 66.7 Å². The maximum Gasteiger partial charge on any atom is 0.308 e. The van der Waals surface area contributed by atoms with Crippen molar-refractivity contribution in [1.29, 1.82) is 0 Å². The number of carbonyl (C=O) groups excluding carboxylic acids is 2.